The smallest absolute Gasteiger partial charge is 0.207 e. The van der Waals surface area contributed by atoms with Crippen LogP contribution >= 0.6 is 0 Å². The molecule has 1 aliphatic rings. The van der Waals surface area contributed by atoms with Gasteiger partial charge in [0, 0.05) is 38.1 Å². The lowest BCUT2D eigenvalue weighted by molar-refractivity contribution is -0.109. The van der Waals surface area contributed by atoms with E-state index in [1.54, 1.807) is 6.20 Å². The Balaban J connectivity index is 2.27. The van der Waals surface area contributed by atoms with Gasteiger partial charge in [0.1, 0.15) is 0 Å². The molecule has 0 aromatic rings. The highest BCUT2D eigenvalue weighted by molar-refractivity contribution is 5.87. The third-order valence-corrected chi connectivity index (χ3v) is 1.65. The Morgan fingerprint density at radius 3 is 3.33 bits per heavy atom. The summed E-state index contributed by atoms with van der Waals surface area (Å²) in [7, 11) is 2.00. The number of rotatable bonds is 4. The molecule has 4 heteroatoms. The minimum absolute atomic E-state index is 0.671. The molecule has 0 aromatic heterocycles. The molecule has 12 heavy (non-hydrogen) atoms. The van der Waals surface area contributed by atoms with Gasteiger partial charge in [0.2, 0.25) is 6.41 Å². The van der Waals surface area contributed by atoms with Gasteiger partial charge in [-0.3, -0.25) is 9.79 Å². The Morgan fingerprint density at radius 1 is 1.83 bits per heavy atom. The molecular weight excluding hydrogens is 154 g/mol. The van der Waals surface area contributed by atoms with Crippen LogP contribution < -0.4 is 5.32 Å². The van der Waals surface area contributed by atoms with Crippen molar-refractivity contribution in [2.24, 2.45) is 4.99 Å². The second kappa shape index (κ2) is 4.54. The van der Waals surface area contributed by atoms with E-state index in [4.69, 9.17) is 0 Å². The molecule has 0 saturated heterocycles. The summed E-state index contributed by atoms with van der Waals surface area (Å²) in [5.74, 6) is 0. The molecule has 0 unspecified atom stereocenters. The predicted octanol–water partition coefficient (Wildman–Crippen LogP) is -0.0199. The molecule has 1 aliphatic heterocycles. The van der Waals surface area contributed by atoms with Gasteiger partial charge in [0.05, 0.1) is 6.54 Å². The first-order valence-corrected chi connectivity index (χ1v) is 3.92. The zero-order valence-corrected chi connectivity index (χ0v) is 7.16. The number of aliphatic imine (C=N–C) groups is 1. The molecule has 0 spiro atoms. The maximum Gasteiger partial charge on any atom is 0.207 e. The van der Waals surface area contributed by atoms with Crippen LogP contribution in [0.1, 0.15) is 6.42 Å². The highest BCUT2D eigenvalue weighted by Gasteiger charge is 2.03. The Bertz CT molecular complexity index is 210. The van der Waals surface area contributed by atoms with Crippen LogP contribution in [-0.4, -0.2) is 37.2 Å². The zero-order valence-electron chi connectivity index (χ0n) is 7.16. The van der Waals surface area contributed by atoms with Crippen molar-refractivity contribution in [3.05, 3.63) is 12.4 Å². The van der Waals surface area contributed by atoms with E-state index < -0.39 is 0 Å². The van der Waals surface area contributed by atoms with Crippen molar-refractivity contribution < 1.29 is 4.79 Å². The maximum atomic E-state index is 9.94. The first-order chi connectivity index (χ1) is 5.83. The van der Waals surface area contributed by atoms with E-state index in [9.17, 15) is 4.79 Å². The highest BCUT2D eigenvalue weighted by atomic mass is 16.1. The van der Waals surface area contributed by atoms with E-state index in [0.717, 1.165) is 18.7 Å². The van der Waals surface area contributed by atoms with Crippen molar-refractivity contribution in [3.8, 4) is 0 Å². The lowest BCUT2D eigenvalue weighted by atomic mass is 10.2. The molecule has 0 bridgehead atoms. The largest absolute Gasteiger partial charge is 0.374 e. The monoisotopic (exact) mass is 167 g/mol. The molecule has 1 rings (SSSR count). The molecule has 66 valence electrons. The average molecular weight is 167 g/mol. The molecule has 0 saturated carbocycles. The third-order valence-electron chi connectivity index (χ3n) is 1.65. The highest BCUT2D eigenvalue weighted by Crippen LogP contribution is 1.98. The van der Waals surface area contributed by atoms with E-state index in [2.05, 4.69) is 15.2 Å². The summed E-state index contributed by atoms with van der Waals surface area (Å²) in [6.45, 7) is 1.53. The molecule has 1 amide bonds. The normalized spacial score (nSPS) is 15.8. The number of carbonyl (C=O) groups is 1. The molecule has 0 aliphatic carbocycles. The minimum atomic E-state index is 0.671. The van der Waals surface area contributed by atoms with Gasteiger partial charge in [-0.2, -0.15) is 0 Å². The van der Waals surface area contributed by atoms with Crippen molar-refractivity contribution in [2.75, 3.05) is 20.1 Å². The van der Waals surface area contributed by atoms with Gasteiger partial charge in [0.25, 0.3) is 0 Å². The summed E-state index contributed by atoms with van der Waals surface area (Å²) in [5.41, 5.74) is 1.11. The molecule has 0 radical (unpaired) electrons. The van der Waals surface area contributed by atoms with Crippen molar-refractivity contribution in [1.29, 1.82) is 0 Å². The molecule has 4 nitrogen and oxygen atoms in total. The topological polar surface area (TPSA) is 44.7 Å². The van der Waals surface area contributed by atoms with Crippen LogP contribution in [0.15, 0.2) is 17.4 Å². The van der Waals surface area contributed by atoms with Gasteiger partial charge in [-0.05, 0) is 0 Å². The van der Waals surface area contributed by atoms with E-state index in [1.165, 1.54) is 0 Å². The predicted molar refractivity (Wildman–Crippen MR) is 47.9 cm³/mol. The fourth-order valence-electron chi connectivity index (χ4n) is 1.05. The Labute approximate surface area is 72.0 Å². The van der Waals surface area contributed by atoms with E-state index in [-0.39, 0.29) is 0 Å². The zero-order chi connectivity index (χ0) is 8.81. The van der Waals surface area contributed by atoms with Crippen molar-refractivity contribution >= 4 is 12.1 Å². The van der Waals surface area contributed by atoms with Crippen LogP contribution in [-0.2, 0) is 4.79 Å². The van der Waals surface area contributed by atoms with Crippen LogP contribution in [0, 0.1) is 0 Å². The Morgan fingerprint density at radius 2 is 2.67 bits per heavy atom. The Kier molecular flexibility index (Phi) is 3.32. The van der Waals surface area contributed by atoms with Crippen molar-refractivity contribution in [1.82, 2.24) is 10.2 Å². The van der Waals surface area contributed by atoms with Crippen LogP contribution in [0.5, 0.6) is 0 Å². The number of amides is 1. The van der Waals surface area contributed by atoms with Crippen LogP contribution in [0.3, 0.4) is 0 Å². The molecule has 1 N–H and O–H groups in total. The van der Waals surface area contributed by atoms with Gasteiger partial charge in [0.15, 0.2) is 0 Å². The molecule has 0 fully saturated rings. The number of nitrogens with zero attached hydrogens (tertiary/aromatic N) is 2. The van der Waals surface area contributed by atoms with Gasteiger partial charge in [-0.25, -0.2) is 0 Å². The van der Waals surface area contributed by atoms with Gasteiger partial charge in [-0.1, -0.05) is 0 Å². The van der Waals surface area contributed by atoms with E-state index in [0.29, 0.717) is 13.0 Å². The molecular formula is C8H13N3O. The number of nitrogens with one attached hydrogen (secondary N) is 1. The summed E-state index contributed by atoms with van der Waals surface area (Å²) >= 11 is 0. The number of hydrogen-bond donors (Lipinski definition) is 1. The number of hydrogen-bond acceptors (Lipinski definition) is 3. The summed E-state index contributed by atoms with van der Waals surface area (Å²) in [5, 5.41) is 2.61. The fraction of sp³-hybridized carbons (Fsp3) is 0.500. The summed E-state index contributed by atoms with van der Waals surface area (Å²) in [6, 6.07) is 0. The first-order valence-electron chi connectivity index (χ1n) is 3.92. The maximum absolute atomic E-state index is 9.94. The van der Waals surface area contributed by atoms with Crippen molar-refractivity contribution in [3.63, 3.8) is 0 Å². The first kappa shape index (κ1) is 8.77. The average Bonchev–Trinajstić information content (AvgIpc) is 2.05. The Hall–Kier alpha value is -1.32. The van der Waals surface area contributed by atoms with E-state index in [1.807, 2.05) is 13.2 Å². The van der Waals surface area contributed by atoms with Gasteiger partial charge >= 0.3 is 0 Å². The fourth-order valence-corrected chi connectivity index (χ4v) is 1.05. The van der Waals surface area contributed by atoms with Gasteiger partial charge < -0.3 is 10.2 Å². The van der Waals surface area contributed by atoms with Crippen LogP contribution in [0.25, 0.3) is 0 Å². The SMILES string of the molecule is CN1C=CN=C(CCNC=O)C1. The lowest BCUT2D eigenvalue weighted by Gasteiger charge is -2.18. The lowest BCUT2D eigenvalue weighted by Crippen LogP contribution is -2.26. The second-order valence-electron chi connectivity index (χ2n) is 2.73. The summed E-state index contributed by atoms with van der Waals surface area (Å²) < 4.78 is 0. The summed E-state index contributed by atoms with van der Waals surface area (Å²) in [6.07, 6.45) is 5.24. The van der Waals surface area contributed by atoms with Gasteiger partial charge in [-0.15, -0.1) is 0 Å². The molecule has 1 heterocycles. The summed E-state index contributed by atoms with van der Waals surface area (Å²) in [4.78, 5) is 16.2. The van der Waals surface area contributed by atoms with Crippen molar-refractivity contribution in [2.45, 2.75) is 6.42 Å². The quantitative estimate of drug-likeness (QED) is 0.472. The standard InChI is InChI=1S/C8H13N3O/c1-11-5-4-10-8(6-11)2-3-9-7-12/h4-5,7H,2-3,6H2,1H3,(H,9,12). The molecule has 0 atom stereocenters. The third kappa shape index (κ3) is 2.74. The van der Waals surface area contributed by atoms with Crippen LogP contribution in [0.4, 0.5) is 0 Å². The molecule has 0 aromatic carbocycles. The minimum Gasteiger partial charge on any atom is -0.374 e. The van der Waals surface area contributed by atoms with Crippen LogP contribution in [0.2, 0.25) is 0 Å². The second-order valence-corrected chi connectivity index (χ2v) is 2.73. The number of carbonyl (C=O) groups excluding carboxylic acids is 1. The van der Waals surface area contributed by atoms with E-state index >= 15 is 0 Å².